The molecule has 0 heterocycles. The van der Waals surface area contributed by atoms with E-state index in [2.05, 4.69) is 5.32 Å². The first-order chi connectivity index (χ1) is 12.0. The summed E-state index contributed by atoms with van der Waals surface area (Å²) in [4.78, 5) is 24.4. The lowest BCUT2D eigenvalue weighted by molar-refractivity contribution is -0.116. The smallest absolute Gasteiger partial charge is 0.224 e. The zero-order valence-electron chi connectivity index (χ0n) is 14.8. The number of hydrogen-bond donors (Lipinski definition) is 1. The van der Waals surface area contributed by atoms with Crippen LogP contribution >= 0.6 is 0 Å². The first-order valence-electron chi connectivity index (χ1n) is 8.24. The molecule has 132 valence electrons. The van der Waals surface area contributed by atoms with Crippen LogP contribution in [0.2, 0.25) is 0 Å². The summed E-state index contributed by atoms with van der Waals surface area (Å²) in [6, 6.07) is 12.6. The number of amides is 1. The molecule has 0 atom stereocenters. The monoisotopic (exact) mass is 341 g/mol. The number of methoxy groups -OCH3 is 1. The summed E-state index contributed by atoms with van der Waals surface area (Å²) in [5.41, 5.74) is 2.16. The SMILES string of the molecule is CCOc1ccc(NC(=O)CCC(=O)c2cc(C)ccc2OC)cc1. The molecule has 0 aliphatic heterocycles. The summed E-state index contributed by atoms with van der Waals surface area (Å²) < 4.78 is 10.6. The second kappa shape index (κ2) is 8.87. The molecule has 0 bridgehead atoms. The molecular weight excluding hydrogens is 318 g/mol. The van der Waals surface area contributed by atoms with Crippen LogP contribution in [-0.2, 0) is 4.79 Å². The lowest BCUT2D eigenvalue weighted by Crippen LogP contribution is -2.14. The van der Waals surface area contributed by atoms with E-state index in [4.69, 9.17) is 9.47 Å². The molecule has 2 rings (SSSR count). The lowest BCUT2D eigenvalue weighted by atomic mass is 10.0. The normalized spacial score (nSPS) is 10.2. The lowest BCUT2D eigenvalue weighted by Gasteiger charge is -2.09. The third-order valence-electron chi connectivity index (χ3n) is 3.68. The van der Waals surface area contributed by atoms with Crippen LogP contribution in [0.15, 0.2) is 42.5 Å². The molecule has 0 saturated heterocycles. The zero-order valence-corrected chi connectivity index (χ0v) is 14.8. The quantitative estimate of drug-likeness (QED) is 0.737. The fraction of sp³-hybridized carbons (Fsp3) is 0.300. The highest BCUT2D eigenvalue weighted by Gasteiger charge is 2.14. The van der Waals surface area contributed by atoms with E-state index in [1.807, 2.05) is 19.9 Å². The van der Waals surface area contributed by atoms with Crippen molar-refractivity contribution >= 4 is 17.4 Å². The number of anilines is 1. The van der Waals surface area contributed by atoms with Crippen LogP contribution in [-0.4, -0.2) is 25.4 Å². The number of benzene rings is 2. The van der Waals surface area contributed by atoms with E-state index >= 15 is 0 Å². The van der Waals surface area contributed by atoms with Crippen LogP contribution in [0.25, 0.3) is 0 Å². The van der Waals surface area contributed by atoms with Gasteiger partial charge in [0.15, 0.2) is 5.78 Å². The molecule has 25 heavy (non-hydrogen) atoms. The van der Waals surface area contributed by atoms with Gasteiger partial charge in [0, 0.05) is 18.5 Å². The van der Waals surface area contributed by atoms with Gasteiger partial charge in [0.1, 0.15) is 11.5 Å². The van der Waals surface area contributed by atoms with Crippen molar-refractivity contribution in [3.05, 3.63) is 53.6 Å². The molecule has 2 aromatic carbocycles. The van der Waals surface area contributed by atoms with Crippen LogP contribution in [0.1, 0.15) is 35.7 Å². The van der Waals surface area contributed by atoms with E-state index < -0.39 is 0 Å². The van der Waals surface area contributed by atoms with Gasteiger partial charge in [0.05, 0.1) is 19.3 Å². The average Bonchev–Trinajstić information content (AvgIpc) is 2.61. The van der Waals surface area contributed by atoms with Crippen molar-refractivity contribution in [2.75, 3.05) is 19.0 Å². The van der Waals surface area contributed by atoms with Gasteiger partial charge < -0.3 is 14.8 Å². The number of rotatable bonds is 8. The van der Waals surface area contributed by atoms with E-state index in [0.29, 0.717) is 23.6 Å². The van der Waals surface area contributed by atoms with Crippen LogP contribution < -0.4 is 14.8 Å². The Morgan fingerprint density at radius 3 is 2.40 bits per heavy atom. The molecule has 0 aliphatic rings. The minimum Gasteiger partial charge on any atom is -0.496 e. The van der Waals surface area contributed by atoms with Crippen molar-refractivity contribution in [1.29, 1.82) is 0 Å². The Bertz CT molecular complexity index is 738. The number of ether oxygens (including phenoxy) is 2. The van der Waals surface area contributed by atoms with Crippen molar-refractivity contribution in [2.24, 2.45) is 0 Å². The van der Waals surface area contributed by atoms with Gasteiger partial charge in [-0.3, -0.25) is 9.59 Å². The Hall–Kier alpha value is -2.82. The standard InChI is InChI=1S/C20H23NO4/c1-4-25-16-8-6-15(7-9-16)21-20(23)12-10-18(22)17-13-14(2)5-11-19(17)24-3/h5-9,11,13H,4,10,12H2,1-3H3,(H,21,23). The van der Waals surface area contributed by atoms with Gasteiger partial charge in [-0.1, -0.05) is 11.6 Å². The fourth-order valence-electron chi connectivity index (χ4n) is 2.43. The van der Waals surface area contributed by atoms with Crippen molar-refractivity contribution in [1.82, 2.24) is 0 Å². The summed E-state index contributed by atoms with van der Waals surface area (Å²) in [6.45, 7) is 4.42. The molecule has 5 nitrogen and oxygen atoms in total. The number of hydrogen-bond acceptors (Lipinski definition) is 4. The second-order valence-electron chi connectivity index (χ2n) is 5.63. The maximum absolute atomic E-state index is 12.4. The molecule has 1 amide bonds. The minimum atomic E-state index is -0.205. The van der Waals surface area contributed by atoms with E-state index in [-0.39, 0.29) is 24.5 Å². The second-order valence-corrected chi connectivity index (χ2v) is 5.63. The Balaban J connectivity index is 1.91. The van der Waals surface area contributed by atoms with Gasteiger partial charge in [-0.2, -0.15) is 0 Å². The molecule has 0 spiro atoms. The molecule has 0 aliphatic carbocycles. The molecule has 0 unspecified atom stereocenters. The van der Waals surface area contributed by atoms with Crippen LogP contribution in [0.3, 0.4) is 0 Å². The van der Waals surface area contributed by atoms with Gasteiger partial charge in [-0.25, -0.2) is 0 Å². The van der Waals surface area contributed by atoms with Crippen molar-refractivity contribution in [2.45, 2.75) is 26.7 Å². The largest absolute Gasteiger partial charge is 0.496 e. The number of aryl methyl sites for hydroxylation is 1. The number of carbonyl (C=O) groups is 2. The Labute approximate surface area is 148 Å². The topological polar surface area (TPSA) is 64.6 Å². The number of nitrogens with one attached hydrogen (secondary N) is 1. The molecule has 0 radical (unpaired) electrons. The molecule has 2 aromatic rings. The minimum absolute atomic E-state index is 0.109. The fourth-order valence-corrected chi connectivity index (χ4v) is 2.43. The first kappa shape index (κ1) is 18.5. The predicted molar refractivity (Wildman–Crippen MR) is 97.5 cm³/mol. The van der Waals surface area contributed by atoms with Gasteiger partial charge in [0.25, 0.3) is 0 Å². The van der Waals surface area contributed by atoms with Crippen molar-refractivity contribution < 1.29 is 19.1 Å². The molecule has 0 aromatic heterocycles. The number of ketones is 1. The van der Waals surface area contributed by atoms with E-state index in [1.54, 1.807) is 36.4 Å². The Morgan fingerprint density at radius 2 is 1.76 bits per heavy atom. The summed E-state index contributed by atoms with van der Waals surface area (Å²) in [5.74, 6) is 0.969. The number of carbonyl (C=O) groups excluding carboxylic acids is 2. The van der Waals surface area contributed by atoms with Crippen molar-refractivity contribution in [3.63, 3.8) is 0 Å². The van der Waals surface area contributed by atoms with Crippen LogP contribution in [0.4, 0.5) is 5.69 Å². The molecule has 0 saturated carbocycles. The van der Waals surface area contributed by atoms with Crippen LogP contribution in [0.5, 0.6) is 11.5 Å². The van der Waals surface area contributed by atoms with E-state index in [0.717, 1.165) is 11.3 Å². The van der Waals surface area contributed by atoms with Gasteiger partial charge in [0.2, 0.25) is 5.91 Å². The van der Waals surface area contributed by atoms with Crippen LogP contribution in [0, 0.1) is 6.92 Å². The number of Topliss-reactive ketones (excluding diaryl/α,β-unsaturated/α-hetero) is 1. The Kier molecular flexibility index (Phi) is 6.57. The highest BCUT2D eigenvalue weighted by atomic mass is 16.5. The first-order valence-corrected chi connectivity index (χ1v) is 8.24. The summed E-state index contributed by atoms with van der Waals surface area (Å²) in [5, 5.41) is 2.78. The van der Waals surface area contributed by atoms with Gasteiger partial charge in [-0.05, 0) is 50.2 Å². The summed E-state index contributed by atoms with van der Waals surface area (Å²) >= 11 is 0. The summed E-state index contributed by atoms with van der Waals surface area (Å²) in [7, 11) is 1.53. The zero-order chi connectivity index (χ0) is 18.2. The average molecular weight is 341 g/mol. The molecule has 5 heteroatoms. The Morgan fingerprint density at radius 1 is 1.04 bits per heavy atom. The molecule has 1 N–H and O–H groups in total. The predicted octanol–water partition coefficient (Wildman–Crippen LogP) is 4.00. The van der Waals surface area contributed by atoms with Crippen molar-refractivity contribution in [3.8, 4) is 11.5 Å². The van der Waals surface area contributed by atoms with E-state index in [9.17, 15) is 9.59 Å². The third-order valence-corrected chi connectivity index (χ3v) is 3.68. The maximum atomic E-state index is 12.4. The molecular formula is C20H23NO4. The maximum Gasteiger partial charge on any atom is 0.224 e. The molecule has 0 fully saturated rings. The summed E-state index contributed by atoms with van der Waals surface area (Å²) in [6.07, 6.45) is 0.242. The highest BCUT2D eigenvalue weighted by Crippen LogP contribution is 2.22. The third kappa shape index (κ3) is 5.35. The van der Waals surface area contributed by atoms with E-state index in [1.165, 1.54) is 7.11 Å². The van der Waals surface area contributed by atoms with Gasteiger partial charge >= 0.3 is 0 Å². The highest BCUT2D eigenvalue weighted by molar-refractivity contribution is 6.01. The van der Waals surface area contributed by atoms with Gasteiger partial charge in [-0.15, -0.1) is 0 Å².